The highest BCUT2D eigenvalue weighted by Gasteiger charge is 2.33. The van der Waals surface area contributed by atoms with Gasteiger partial charge in [-0.25, -0.2) is 4.39 Å². The van der Waals surface area contributed by atoms with E-state index in [0.717, 1.165) is 6.42 Å². The maximum absolute atomic E-state index is 14.2. The number of rotatable bonds is 3. The number of anilines is 1. The molecule has 110 valence electrons. The predicted molar refractivity (Wildman–Crippen MR) is 71.9 cm³/mol. The lowest BCUT2D eigenvalue weighted by Gasteiger charge is -2.16. The average molecular weight is 291 g/mol. The van der Waals surface area contributed by atoms with E-state index in [0.29, 0.717) is 18.7 Å². The first-order chi connectivity index (χ1) is 9.97. The lowest BCUT2D eigenvalue weighted by atomic mass is 10.1. The molecule has 0 radical (unpaired) electrons. The van der Waals surface area contributed by atoms with Crippen LogP contribution in [0.2, 0.25) is 0 Å². The molecule has 0 unspecified atom stereocenters. The van der Waals surface area contributed by atoms with Gasteiger partial charge in [-0.2, -0.15) is 0 Å². The Bertz CT molecular complexity index is 659. The maximum Gasteiger partial charge on any atom is 0.255 e. The standard InChI is InChI=1S/C14H14FN3O3/c15-11-5-8(18-3-1-2-13(18)20)4-9-10(11)6-17(14(9)21)7-12(16)19/h4-5H,1-3,6-7H2,(H2,16,19). The third-order valence-electron chi connectivity index (χ3n) is 3.78. The molecule has 6 nitrogen and oxygen atoms in total. The Kier molecular flexibility index (Phi) is 3.12. The number of fused-ring (bicyclic) bond motifs is 1. The molecule has 1 aromatic rings. The fourth-order valence-electron chi connectivity index (χ4n) is 2.80. The Hall–Kier alpha value is -2.44. The van der Waals surface area contributed by atoms with Gasteiger partial charge < -0.3 is 15.5 Å². The van der Waals surface area contributed by atoms with Gasteiger partial charge in [0.25, 0.3) is 5.91 Å². The van der Waals surface area contributed by atoms with Crippen LogP contribution in [0.25, 0.3) is 0 Å². The number of carbonyl (C=O) groups excluding carboxylic acids is 3. The molecule has 2 aliphatic rings. The summed E-state index contributed by atoms with van der Waals surface area (Å²) in [5.41, 5.74) is 5.91. The molecule has 0 aliphatic carbocycles. The van der Waals surface area contributed by atoms with Crippen molar-refractivity contribution in [3.05, 3.63) is 29.1 Å². The van der Waals surface area contributed by atoms with Gasteiger partial charge in [0.05, 0.1) is 13.1 Å². The highest BCUT2D eigenvalue weighted by Crippen LogP contribution is 2.31. The molecule has 2 aliphatic heterocycles. The SMILES string of the molecule is NC(=O)CN1Cc2c(F)cc(N3CCCC3=O)cc2C1=O. The minimum Gasteiger partial charge on any atom is -0.368 e. The predicted octanol–water partition coefficient (Wildman–Crippen LogP) is 0.394. The second kappa shape index (κ2) is 4.83. The summed E-state index contributed by atoms with van der Waals surface area (Å²) >= 11 is 0. The zero-order chi connectivity index (χ0) is 15.1. The molecular formula is C14H14FN3O3. The van der Waals surface area contributed by atoms with E-state index in [1.165, 1.54) is 21.9 Å². The summed E-state index contributed by atoms with van der Waals surface area (Å²) in [6.45, 7) is 0.304. The van der Waals surface area contributed by atoms with Crippen LogP contribution in [0.3, 0.4) is 0 Å². The molecular weight excluding hydrogens is 277 g/mol. The molecule has 3 rings (SSSR count). The van der Waals surface area contributed by atoms with Crippen molar-refractivity contribution >= 4 is 23.4 Å². The van der Waals surface area contributed by atoms with Crippen LogP contribution in [0, 0.1) is 5.82 Å². The fraction of sp³-hybridized carbons (Fsp3) is 0.357. The van der Waals surface area contributed by atoms with E-state index in [9.17, 15) is 18.8 Å². The number of halogens is 1. The number of nitrogens with two attached hydrogens (primary N) is 1. The van der Waals surface area contributed by atoms with E-state index in [1.807, 2.05) is 0 Å². The van der Waals surface area contributed by atoms with Crippen molar-refractivity contribution in [3.63, 3.8) is 0 Å². The summed E-state index contributed by atoms with van der Waals surface area (Å²) in [6, 6.07) is 2.79. The van der Waals surface area contributed by atoms with Crippen molar-refractivity contribution in [2.75, 3.05) is 18.0 Å². The highest BCUT2D eigenvalue weighted by atomic mass is 19.1. The number of primary amides is 1. The maximum atomic E-state index is 14.2. The second-order valence-electron chi connectivity index (χ2n) is 5.23. The molecule has 0 saturated carbocycles. The molecule has 3 amide bonds. The van der Waals surface area contributed by atoms with E-state index >= 15 is 0 Å². The Morgan fingerprint density at radius 3 is 2.71 bits per heavy atom. The van der Waals surface area contributed by atoms with Crippen LogP contribution in [0.15, 0.2) is 12.1 Å². The van der Waals surface area contributed by atoms with E-state index in [4.69, 9.17) is 5.73 Å². The molecule has 1 saturated heterocycles. The van der Waals surface area contributed by atoms with Gasteiger partial charge >= 0.3 is 0 Å². The molecule has 0 spiro atoms. The Labute approximate surface area is 120 Å². The van der Waals surface area contributed by atoms with Gasteiger partial charge in [0.2, 0.25) is 11.8 Å². The van der Waals surface area contributed by atoms with E-state index < -0.39 is 17.6 Å². The molecule has 21 heavy (non-hydrogen) atoms. The molecule has 0 atom stereocenters. The summed E-state index contributed by atoms with van der Waals surface area (Å²) in [6.07, 6.45) is 1.15. The van der Waals surface area contributed by atoms with Gasteiger partial charge in [0, 0.05) is 29.8 Å². The Balaban J connectivity index is 1.96. The van der Waals surface area contributed by atoms with Crippen molar-refractivity contribution in [3.8, 4) is 0 Å². The van der Waals surface area contributed by atoms with Gasteiger partial charge in [-0.1, -0.05) is 0 Å². The fourth-order valence-corrected chi connectivity index (χ4v) is 2.80. The second-order valence-corrected chi connectivity index (χ2v) is 5.23. The van der Waals surface area contributed by atoms with Gasteiger partial charge in [-0.05, 0) is 18.6 Å². The van der Waals surface area contributed by atoms with E-state index in [2.05, 4.69) is 0 Å². The topological polar surface area (TPSA) is 83.7 Å². The molecule has 1 aromatic carbocycles. The van der Waals surface area contributed by atoms with Crippen molar-refractivity contribution in [2.24, 2.45) is 5.73 Å². The number of hydrogen-bond donors (Lipinski definition) is 1. The van der Waals surface area contributed by atoms with E-state index in [1.54, 1.807) is 0 Å². The van der Waals surface area contributed by atoms with Crippen LogP contribution < -0.4 is 10.6 Å². The lowest BCUT2D eigenvalue weighted by molar-refractivity contribution is -0.119. The van der Waals surface area contributed by atoms with Crippen LogP contribution in [-0.4, -0.2) is 35.7 Å². The minimum atomic E-state index is -0.647. The third kappa shape index (κ3) is 2.24. The van der Waals surface area contributed by atoms with Gasteiger partial charge in [0.1, 0.15) is 5.82 Å². The summed E-state index contributed by atoms with van der Waals surface area (Å²) < 4.78 is 14.2. The zero-order valence-corrected chi connectivity index (χ0v) is 11.3. The molecule has 2 N–H and O–H groups in total. The van der Waals surface area contributed by atoms with Gasteiger partial charge in [0.15, 0.2) is 0 Å². The minimum absolute atomic E-state index is 0.0250. The van der Waals surface area contributed by atoms with E-state index in [-0.39, 0.29) is 30.1 Å². The summed E-state index contributed by atoms with van der Waals surface area (Å²) in [7, 11) is 0. The number of nitrogens with zero attached hydrogens (tertiary/aromatic N) is 2. The zero-order valence-electron chi connectivity index (χ0n) is 11.3. The van der Waals surface area contributed by atoms with Crippen molar-refractivity contribution < 1.29 is 18.8 Å². The Morgan fingerprint density at radius 2 is 2.10 bits per heavy atom. The summed E-state index contributed by atoms with van der Waals surface area (Å²) in [5, 5.41) is 0. The molecule has 2 heterocycles. The third-order valence-corrected chi connectivity index (χ3v) is 3.78. The number of carbonyl (C=O) groups is 3. The monoisotopic (exact) mass is 291 g/mol. The largest absolute Gasteiger partial charge is 0.368 e. The number of amides is 3. The van der Waals surface area contributed by atoms with Crippen LogP contribution >= 0.6 is 0 Å². The van der Waals surface area contributed by atoms with Crippen LogP contribution in [0.1, 0.15) is 28.8 Å². The van der Waals surface area contributed by atoms with Crippen molar-refractivity contribution in [1.82, 2.24) is 4.90 Å². The van der Waals surface area contributed by atoms with Crippen LogP contribution in [0.5, 0.6) is 0 Å². The first-order valence-corrected chi connectivity index (χ1v) is 6.67. The van der Waals surface area contributed by atoms with Crippen molar-refractivity contribution in [1.29, 1.82) is 0 Å². The quantitative estimate of drug-likeness (QED) is 0.874. The van der Waals surface area contributed by atoms with Crippen molar-refractivity contribution in [2.45, 2.75) is 19.4 Å². The average Bonchev–Trinajstić information content (AvgIpc) is 2.96. The molecule has 0 aromatic heterocycles. The van der Waals surface area contributed by atoms with Gasteiger partial charge in [-0.15, -0.1) is 0 Å². The summed E-state index contributed by atoms with van der Waals surface area (Å²) in [5.74, 6) is -1.70. The van der Waals surface area contributed by atoms with Crippen LogP contribution in [0.4, 0.5) is 10.1 Å². The highest BCUT2D eigenvalue weighted by molar-refractivity contribution is 6.02. The number of benzene rings is 1. The summed E-state index contributed by atoms with van der Waals surface area (Å²) in [4.78, 5) is 37.5. The Morgan fingerprint density at radius 1 is 1.33 bits per heavy atom. The molecule has 1 fully saturated rings. The molecule has 7 heteroatoms. The first-order valence-electron chi connectivity index (χ1n) is 6.67. The first kappa shape index (κ1) is 13.5. The molecule has 0 bridgehead atoms. The number of hydrogen-bond acceptors (Lipinski definition) is 3. The van der Waals surface area contributed by atoms with Gasteiger partial charge in [-0.3, -0.25) is 14.4 Å². The van der Waals surface area contributed by atoms with Crippen LogP contribution in [-0.2, 0) is 16.1 Å². The smallest absolute Gasteiger partial charge is 0.255 e. The normalized spacial score (nSPS) is 17.6. The lowest BCUT2D eigenvalue weighted by Crippen LogP contribution is -2.33.